The summed E-state index contributed by atoms with van der Waals surface area (Å²) in [7, 11) is 0. The second-order valence-corrected chi connectivity index (χ2v) is 4.62. The van der Waals surface area contributed by atoms with E-state index in [2.05, 4.69) is 15.4 Å². The summed E-state index contributed by atoms with van der Waals surface area (Å²) in [6.45, 7) is 2.77. The number of ether oxygens (including phenoxy) is 1. The summed E-state index contributed by atoms with van der Waals surface area (Å²) in [5.41, 5.74) is 1.14. The first-order valence-corrected chi connectivity index (χ1v) is 6.27. The van der Waals surface area contributed by atoms with Crippen LogP contribution in [0.15, 0.2) is 30.9 Å². The molecule has 0 aliphatic carbocycles. The van der Waals surface area contributed by atoms with Gasteiger partial charge in [-0.25, -0.2) is 14.1 Å². The zero-order valence-electron chi connectivity index (χ0n) is 10.6. The molecule has 1 fully saturated rings. The van der Waals surface area contributed by atoms with Crippen LogP contribution in [0.4, 0.5) is 10.1 Å². The van der Waals surface area contributed by atoms with Crippen LogP contribution < -0.4 is 5.32 Å². The smallest absolute Gasteiger partial charge is 0.150 e. The Kier molecular flexibility index (Phi) is 3.16. The third-order valence-corrected chi connectivity index (χ3v) is 3.34. The fourth-order valence-electron chi connectivity index (χ4n) is 2.25. The molecule has 6 heteroatoms. The van der Waals surface area contributed by atoms with Crippen molar-refractivity contribution in [2.24, 2.45) is 0 Å². The summed E-state index contributed by atoms with van der Waals surface area (Å²) >= 11 is 0. The van der Waals surface area contributed by atoms with Crippen molar-refractivity contribution in [3.8, 4) is 5.69 Å². The minimum Gasteiger partial charge on any atom is -0.380 e. The van der Waals surface area contributed by atoms with Crippen LogP contribution in [-0.2, 0) is 4.74 Å². The van der Waals surface area contributed by atoms with E-state index in [4.69, 9.17) is 4.74 Å². The SMILES string of the molecule is CC1OCCC1Nc1ccc(-n2cncn2)c(F)c1. The van der Waals surface area contributed by atoms with Gasteiger partial charge in [-0.2, -0.15) is 5.10 Å². The van der Waals surface area contributed by atoms with E-state index in [9.17, 15) is 4.39 Å². The van der Waals surface area contributed by atoms with Crippen molar-refractivity contribution in [1.29, 1.82) is 0 Å². The maximum atomic E-state index is 14.0. The molecular weight excluding hydrogens is 247 g/mol. The highest BCUT2D eigenvalue weighted by Gasteiger charge is 2.24. The Bertz CT molecular complexity index is 558. The molecule has 0 bridgehead atoms. The van der Waals surface area contributed by atoms with Gasteiger partial charge in [0, 0.05) is 12.3 Å². The fourth-order valence-corrected chi connectivity index (χ4v) is 2.25. The highest BCUT2D eigenvalue weighted by Crippen LogP contribution is 2.22. The Hall–Kier alpha value is -1.95. The summed E-state index contributed by atoms with van der Waals surface area (Å²) < 4.78 is 20.9. The monoisotopic (exact) mass is 262 g/mol. The van der Waals surface area contributed by atoms with E-state index in [1.54, 1.807) is 6.07 Å². The summed E-state index contributed by atoms with van der Waals surface area (Å²) in [4.78, 5) is 3.81. The van der Waals surface area contributed by atoms with E-state index < -0.39 is 0 Å². The number of anilines is 1. The Morgan fingerprint density at radius 1 is 1.47 bits per heavy atom. The van der Waals surface area contributed by atoms with Gasteiger partial charge in [0.25, 0.3) is 0 Å². The number of halogens is 1. The second kappa shape index (κ2) is 4.97. The molecule has 0 saturated carbocycles. The molecule has 1 aliphatic rings. The minimum absolute atomic E-state index is 0.151. The van der Waals surface area contributed by atoms with Crippen LogP contribution in [0.2, 0.25) is 0 Å². The molecule has 1 N–H and O–H groups in total. The van der Waals surface area contributed by atoms with Crippen LogP contribution in [0.5, 0.6) is 0 Å². The summed E-state index contributed by atoms with van der Waals surface area (Å²) in [5, 5.41) is 7.21. The fraction of sp³-hybridized carbons (Fsp3) is 0.385. The second-order valence-electron chi connectivity index (χ2n) is 4.62. The Labute approximate surface area is 110 Å². The van der Waals surface area contributed by atoms with E-state index in [1.165, 1.54) is 23.4 Å². The van der Waals surface area contributed by atoms with Crippen LogP contribution >= 0.6 is 0 Å². The van der Waals surface area contributed by atoms with Gasteiger partial charge in [0.1, 0.15) is 18.3 Å². The molecule has 100 valence electrons. The van der Waals surface area contributed by atoms with E-state index in [0.29, 0.717) is 5.69 Å². The van der Waals surface area contributed by atoms with Gasteiger partial charge in [-0.05, 0) is 31.5 Å². The molecule has 0 radical (unpaired) electrons. The molecule has 2 aromatic rings. The van der Waals surface area contributed by atoms with Crippen molar-refractivity contribution in [3.05, 3.63) is 36.7 Å². The van der Waals surface area contributed by atoms with Gasteiger partial charge in [-0.3, -0.25) is 0 Å². The largest absolute Gasteiger partial charge is 0.380 e. The number of hydrogen-bond acceptors (Lipinski definition) is 4. The van der Waals surface area contributed by atoms with Crippen LogP contribution in [0, 0.1) is 5.82 Å². The van der Waals surface area contributed by atoms with Crippen molar-refractivity contribution in [2.75, 3.05) is 11.9 Å². The van der Waals surface area contributed by atoms with Gasteiger partial charge < -0.3 is 10.1 Å². The van der Waals surface area contributed by atoms with E-state index in [1.807, 2.05) is 13.0 Å². The summed E-state index contributed by atoms with van der Waals surface area (Å²) in [6, 6.07) is 5.23. The predicted molar refractivity (Wildman–Crippen MR) is 68.8 cm³/mol. The Morgan fingerprint density at radius 2 is 2.37 bits per heavy atom. The highest BCUT2D eigenvalue weighted by molar-refractivity contribution is 5.50. The normalized spacial score (nSPS) is 22.6. The zero-order chi connectivity index (χ0) is 13.2. The van der Waals surface area contributed by atoms with Crippen molar-refractivity contribution in [2.45, 2.75) is 25.5 Å². The zero-order valence-corrected chi connectivity index (χ0v) is 10.6. The predicted octanol–water partition coefficient (Wildman–Crippen LogP) is 2.00. The highest BCUT2D eigenvalue weighted by atomic mass is 19.1. The number of hydrogen-bond donors (Lipinski definition) is 1. The van der Waals surface area contributed by atoms with Crippen molar-refractivity contribution in [3.63, 3.8) is 0 Å². The topological polar surface area (TPSA) is 52.0 Å². The van der Waals surface area contributed by atoms with Gasteiger partial charge in [-0.15, -0.1) is 0 Å². The standard InChI is InChI=1S/C13H15FN4O/c1-9-12(4-5-19-9)17-10-2-3-13(11(14)6-10)18-8-15-7-16-18/h2-3,6-9,12,17H,4-5H2,1H3. The van der Waals surface area contributed by atoms with E-state index in [-0.39, 0.29) is 18.0 Å². The van der Waals surface area contributed by atoms with Gasteiger partial charge in [0.05, 0.1) is 12.1 Å². The van der Waals surface area contributed by atoms with Crippen molar-refractivity contribution < 1.29 is 9.13 Å². The number of nitrogens with zero attached hydrogens (tertiary/aromatic N) is 3. The number of rotatable bonds is 3. The molecule has 1 aromatic heterocycles. The van der Waals surface area contributed by atoms with Gasteiger partial charge >= 0.3 is 0 Å². The maximum absolute atomic E-state index is 14.0. The lowest BCUT2D eigenvalue weighted by Gasteiger charge is -2.17. The number of benzene rings is 1. The Balaban J connectivity index is 1.79. The molecule has 0 amide bonds. The molecular formula is C13H15FN4O. The van der Waals surface area contributed by atoms with Crippen LogP contribution in [0.1, 0.15) is 13.3 Å². The third-order valence-electron chi connectivity index (χ3n) is 3.34. The van der Waals surface area contributed by atoms with Crippen LogP contribution in [0.3, 0.4) is 0 Å². The number of nitrogens with one attached hydrogen (secondary N) is 1. The molecule has 3 rings (SSSR count). The average molecular weight is 262 g/mol. The van der Waals surface area contributed by atoms with Gasteiger partial charge in [-0.1, -0.05) is 0 Å². The molecule has 2 unspecified atom stereocenters. The molecule has 2 atom stereocenters. The molecule has 1 saturated heterocycles. The molecule has 1 aliphatic heterocycles. The van der Waals surface area contributed by atoms with Gasteiger partial charge in [0.15, 0.2) is 5.82 Å². The first-order chi connectivity index (χ1) is 9.24. The minimum atomic E-state index is -0.331. The van der Waals surface area contributed by atoms with Crippen LogP contribution in [-0.4, -0.2) is 33.5 Å². The summed E-state index contributed by atoms with van der Waals surface area (Å²) in [5.74, 6) is -0.331. The van der Waals surface area contributed by atoms with E-state index in [0.717, 1.165) is 18.7 Å². The van der Waals surface area contributed by atoms with E-state index >= 15 is 0 Å². The number of aromatic nitrogens is 3. The third kappa shape index (κ3) is 2.44. The first-order valence-electron chi connectivity index (χ1n) is 6.27. The molecule has 0 spiro atoms. The van der Waals surface area contributed by atoms with Gasteiger partial charge in [0.2, 0.25) is 0 Å². The lowest BCUT2D eigenvalue weighted by molar-refractivity contribution is 0.121. The van der Waals surface area contributed by atoms with Crippen molar-refractivity contribution >= 4 is 5.69 Å². The van der Waals surface area contributed by atoms with Crippen LogP contribution in [0.25, 0.3) is 5.69 Å². The maximum Gasteiger partial charge on any atom is 0.150 e. The quantitative estimate of drug-likeness (QED) is 0.919. The average Bonchev–Trinajstić information content (AvgIpc) is 3.02. The lowest BCUT2D eigenvalue weighted by Crippen LogP contribution is -2.26. The summed E-state index contributed by atoms with van der Waals surface area (Å²) in [6.07, 6.45) is 3.94. The molecule has 2 heterocycles. The first kappa shape index (κ1) is 12.1. The molecule has 1 aromatic carbocycles. The molecule has 19 heavy (non-hydrogen) atoms. The van der Waals surface area contributed by atoms with Crippen molar-refractivity contribution in [1.82, 2.24) is 14.8 Å². The Morgan fingerprint density at radius 3 is 3.00 bits per heavy atom. The lowest BCUT2D eigenvalue weighted by atomic mass is 10.1. The molecule has 5 nitrogen and oxygen atoms in total.